The number of ether oxygens (including phenoxy) is 1. The van der Waals surface area contributed by atoms with E-state index in [9.17, 15) is 13.2 Å². The van der Waals surface area contributed by atoms with Crippen molar-refractivity contribution < 1.29 is 17.9 Å². The van der Waals surface area contributed by atoms with Crippen LogP contribution in [-0.4, -0.2) is 39.0 Å². The highest BCUT2D eigenvalue weighted by molar-refractivity contribution is 7.89. The molecule has 0 aliphatic heterocycles. The van der Waals surface area contributed by atoms with Crippen molar-refractivity contribution in [3.05, 3.63) is 0 Å². The van der Waals surface area contributed by atoms with Crippen molar-refractivity contribution in [1.82, 2.24) is 10.0 Å². The van der Waals surface area contributed by atoms with Gasteiger partial charge in [-0.2, -0.15) is 0 Å². The van der Waals surface area contributed by atoms with Gasteiger partial charge in [0.15, 0.2) is 0 Å². The van der Waals surface area contributed by atoms with Crippen molar-refractivity contribution in [1.29, 1.82) is 0 Å². The first-order valence-corrected chi connectivity index (χ1v) is 7.61. The molecule has 1 amide bonds. The van der Waals surface area contributed by atoms with E-state index in [1.807, 2.05) is 13.8 Å². The van der Waals surface area contributed by atoms with Crippen molar-refractivity contribution in [2.24, 2.45) is 5.92 Å². The summed E-state index contributed by atoms with van der Waals surface area (Å²) in [6, 6.07) is 0. The molecule has 0 unspecified atom stereocenters. The molecule has 18 heavy (non-hydrogen) atoms. The van der Waals surface area contributed by atoms with Crippen LogP contribution in [0.1, 0.15) is 34.6 Å². The van der Waals surface area contributed by atoms with Gasteiger partial charge >= 0.3 is 6.09 Å². The lowest BCUT2D eigenvalue weighted by Crippen LogP contribution is -2.38. The molecule has 7 heteroatoms. The minimum absolute atomic E-state index is 0.0707. The van der Waals surface area contributed by atoms with Crippen molar-refractivity contribution in [3.8, 4) is 0 Å². The van der Waals surface area contributed by atoms with Crippen molar-refractivity contribution >= 4 is 16.1 Å². The van der Waals surface area contributed by atoms with Gasteiger partial charge in [-0.1, -0.05) is 13.8 Å². The molecule has 0 heterocycles. The first kappa shape index (κ1) is 17.2. The van der Waals surface area contributed by atoms with Gasteiger partial charge in [0.05, 0.1) is 5.75 Å². The summed E-state index contributed by atoms with van der Waals surface area (Å²) >= 11 is 0. The highest BCUT2D eigenvalue weighted by Gasteiger charge is 2.16. The van der Waals surface area contributed by atoms with E-state index in [4.69, 9.17) is 4.74 Å². The molecule has 0 aliphatic rings. The molecular weight excluding hydrogens is 256 g/mol. The van der Waals surface area contributed by atoms with Gasteiger partial charge in [-0.15, -0.1) is 0 Å². The van der Waals surface area contributed by atoms with Gasteiger partial charge in [0, 0.05) is 13.1 Å². The second-order valence-corrected chi connectivity index (χ2v) is 7.35. The summed E-state index contributed by atoms with van der Waals surface area (Å²) in [7, 11) is -3.26. The number of carbonyl (C=O) groups is 1. The van der Waals surface area contributed by atoms with Crippen LogP contribution < -0.4 is 10.0 Å². The molecule has 0 aliphatic carbocycles. The number of hydrogen-bond donors (Lipinski definition) is 2. The van der Waals surface area contributed by atoms with E-state index < -0.39 is 21.7 Å². The molecule has 6 nitrogen and oxygen atoms in total. The Hall–Kier alpha value is -0.820. The van der Waals surface area contributed by atoms with Crippen LogP contribution in [-0.2, 0) is 14.8 Å². The van der Waals surface area contributed by atoms with Crippen LogP contribution >= 0.6 is 0 Å². The van der Waals surface area contributed by atoms with Gasteiger partial charge in [-0.05, 0) is 26.7 Å². The first-order chi connectivity index (χ1) is 8.02. The highest BCUT2D eigenvalue weighted by atomic mass is 32.2. The third kappa shape index (κ3) is 10.3. The summed E-state index contributed by atoms with van der Waals surface area (Å²) in [6.07, 6.45) is -0.550. The lowest BCUT2D eigenvalue weighted by Gasteiger charge is -2.19. The fraction of sp³-hybridized carbons (Fsp3) is 0.909. The minimum Gasteiger partial charge on any atom is -0.444 e. The average Bonchev–Trinajstić information content (AvgIpc) is 2.07. The molecule has 2 N–H and O–H groups in total. The summed E-state index contributed by atoms with van der Waals surface area (Å²) in [5.74, 6) is 0.153. The monoisotopic (exact) mass is 280 g/mol. The number of sulfonamides is 1. The second-order valence-electron chi connectivity index (χ2n) is 5.50. The summed E-state index contributed by atoms with van der Waals surface area (Å²) < 4.78 is 30.3. The quantitative estimate of drug-likeness (QED) is 0.713. The molecular formula is C11H24N2O4S. The maximum absolute atomic E-state index is 11.5. The van der Waals surface area contributed by atoms with Crippen molar-refractivity contribution in [3.63, 3.8) is 0 Å². The molecule has 0 saturated heterocycles. The van der Waals surface area contributed by atoms with E-state index in [2.05, 4.69) is 10.0 Å². The van der Waals surface area contributed by atoms with Crippen molar-refractivity contribution in [2.75, 3.05) is 18.8 Å². The molecule has 0 radical (unpaired) electrons. The van der Waals surface area contributed by atoms with Crippen LogP contribution in [0.3, 0.4) is 0 Å². The van der Waals surface area contributed by atoms with E-state index in [1.165, 1.54) is 0 Å². The number of nitrogens with one attached hydrogen (secondary N) is 2. The van der Waals surface area contributed by atoms with Gasteiger partial charge in [0.1, 0.15) is 5.60 Å². The summed E-state index contributed by atoms with van der Waals surface area (Å²) in [5.41, 5.74) is -0.554. The van der Waals surface area contributed by atoms with Crippen LogP contribution in [0.15, 0.2) is 0 Å². The number of rotatable bonds is 6. The molecule has 0 fully saturated rings. The smallest absolute Gasteiger partial charge is 0.407 e. The Morgan fingerprint density at radius 2 is 1.78 bits per heavy atom. The summed E-state index contributed by atoms with van der Waals surface area (Å²) in [4.78, 5) is 11.3. The normalized spacial score (nSPS) is 12.6. The van der Waals surface area contributed by atoms with Crippen LogP contribution in [0, 0.1) is 5.92 Å². The third-order valence-electron chi connectivity index (χ3n) is 1.67. The molecule has 108 valence electrons. The van der Waals surface area contributed by atoms with E-state index in [-0.39, 0.29) is 24.8 Å². The Morgan fingerprint density at radius 1 is 1.22 bits per heavy atom. The Bertz CT molecular complexity index is 358. The summed E-state index contributed by atoms with van der Waals surface area (Å²) in [5, 5.41) is 2.48. The molecule has 0 rings (SSSR count). The zero-order valence-corrected chi connectivity index (χ0v) is 12.6. The van der Waals surface area contributed by atoms with Gasteiger partial charge in [-0.25, -0.2) is 17.9 Å². The standard InChI is InChI=1S/C11H24N2O4S/c1-9(2)8-18(15,16)13-7-6-12-10(14)17-11(3,4)5/h9,13H,6-8H2,1-5H3,(H,12,14). The predicted octanol–water partition coefficient (Wildman–Crippen LogP) is 1.09. The fourth-order valence-corrected chi connectivity index (χ4v) is 2.59. The van der Waals surface area contributed by atoms with Crippen LogP contribution in [0.25, 0.3) is 0 Å². The highest BCUT2D eigenvalue weighted by Crippen LogP contribution is 2.06. The minimum atomic E-state index is -3.26. The summed E-state index contributed by atoms with van der Waals surface area (Å²) in [6.45, 7) is 9.31. The molecule has 0 atom stereocenters. The molecule has 0 aromatic carbocycles. The van der Waals surface area contributed by atoms with Crippen LogP contribution in [0.5, 0.6) is 0 Å². The second kappa shape index (κ2) is 6.94. The molecule has 0 saturated carbocycles. The SMILES string of the molecule is CC(C)CS(=O)(=O)NCCNC(=O)OC(C)(C)C. The van der Waals surface area contributed by atoms with Gasteiger partial charge in [0.2, 0.25) is 10.0 Å². The van der Waals surface area contributed by atoms with E-state index in [0.717, 1.165) is 0 Å². The van der Waals surface area contributed by atoms with Crippen LogP contribution in [0.2, 0.25) is 0 Å². The lowest BCUT2D eigenvalue weighted by molar-refractivity contribution is 0.0529. The molecule has 0 aromatic heterocycles. The largest absolute Gasteiger partial charge is 0.444 e. The third-order valence-corrected chi connectivity index (χ3v) is 3.42. The van der Waals surface area contributed by atoms with E-state index in [0.29, 0.717) is 0 Å². The van der Waals surface area contributed by atoms with Gasteiger partial charge in [0.25, 0.3) is 0 Å². The maximum atomic E-state index is 11.5. The molecule has 0 bridgehead atoms. The first-order valence-electron chi connectivity index (χ1n) is 5.96. The Morgan fingerprint density at radius 3 is 2.22 bits per heavy atom. The molecule has 0 aromatic rings. The van der Waals surface area contributed by atoms with E-state index in [1.54, 1.807) is 20.8 Å². The zero-order valence-electron chi connectivity index (χ0n) is 11.7. The number of alkyl carbamates (subject to hydrolysis) is 1. The predicted molar refractivity (Wildman–Crippen MR) is 70.9 cm³/mol. The van der Waals surface area contributed by atoms with Crippen LogP contribution in [0.4, 0.5) is 4.79 Å². The number of amides is 1. The fourth-order valence-electron chi connectivity index (χ4n) is 1.18. The Balaban J connectivity index is 3.84. The number of carbonyl (C=O) groups excluding carboxylic acids is 1. The van der Waals surface area contributed by atoms with Crippen molar-refractivity contribution in [2.45, 2.75) is 40.2 Å². The average molecular weight is 280 g/mol. The topological polar surface area (TPSA) is 84.5 Å². The maximum Gasteiger partial charge on any atom is 0.407 e. The van der Waals surface area contributed by atoms with E-state index >= 15 is 0 Å². The number of hydrogen-bond acceptors (Lipinski definition) is 4. The zero-order chi connectivity index (χ0) is 14.4. The van der Waals surface area contributed by atoms with Gasteiger partial charge < -0.3 is 10.1 Å². The Labute approximate surface area is 110 Å². The Kier molecular flexibility index (Phi) is 6.62. The van der Waals surface area contributed by atoms with Gasteiger partial charge in [-0.3, -0.25) is 0 Å². The molecule has 0 spiro atoms. The lowest BCUT2D eigenvalue weighted by atomic mass is 10.2.